The number of rotatable bonds is 4. The lowest BCUT2D eigenvalue weighted by molar-refractivity contribution is -0.137. The van der Waals surface area contributed by atoms with E-state index in [9.17, 15) is 27.6 Å². The standard InChI is InChI=1S/C25H16F3N3O3/c26-25(27,28)15-6-5-7-16(14-15)31-21(29-20-11-4-3-10-19(20)24(31)34)12-13-30-22(32)17-8-1-2-9-18(17)23(30)33/h1-11,14H,12-13H2. The van der Waals surface area contributed by atoms with Crippen molar-refractivity contribution in [1.82, 2.24) is 14.5 Å². The molecule has 2 heterocycles. The molecule has 1 aliphatic rings. The first-order valence-electron chi connectivity index (χ1n) is 10.4. The van der Waals surface area contributed by atoms with Crippen molar-refractivity contribution < 1.29 is 22.8 Å². The van der Waals surface area contributed by atoms with Crippen molar-refractivity contribution in [2.24, 2.45) is 0 Å². The number of benzene rings is 3. The molecule has 0 bridgehead atoms. The Morgan fingerprint density at radius 1 is 0.794 bits per heavy atom. The molecule has 0 saturated heterocycles. The highest BCUT2D eigenvalue weighted by Gasteiger charge is 2.35. The topological polar surface area (TPSA) is 72.3 Å². The van der Waals surface area contributed by atoms with Crippen molar-refractivity contribution in [3.8, 4) is 5.69 Å². The molecule has 0 radical (unpaired) electrons. The monoisotopic (exact) mass is 463 g/mol. The molecule has 0 saturated carbocycles. The predicted molar refractivity (Wildman–Crippen MR) is 118 cm³/mol. The lowest BCUT2D eigenvalue weighted by Gasteiger charge is -2.18. The summed E-state index contributed by atoms with van der Waals surface area (Å²) in [5.41, 5.74) is -0.509. The van der Waals surface area contributed by atoms with Crippen LogP contribution in [0.3, 0.4) is 0 Å². The number of imide groups is 1. The third kappa shape index (κ3) is 3.55. The van der Waals surface area contributed by atoms with Crippen molar-refractivity contribution in [2.75, 3.05) is 6.54 Å². The molecule has 0 fully saturated rings. The average Bonchev–Trinajstić information content (AvgIpc) is 3.07. The van der Waals surface area contributed by atoms with E-state index < -0.39 is 29.1 Å². The summed E-state index contributed by atoms with van der Waals surface area (Å²) in [6, 6.07) is 17.3. The number of nitrogens with zero attached hydrogens (tertiary/aromatic N) is 3. The van der Waals surface area contributed by atoms with E-state index in [1.165, 1.54) is 12.1 Å². The van der Waals surface area contributed by atoms with Crippen molar-refractivity contribution in [3.05, 3.63) is 106 Å². The first kappa shape index (κ1) is 21.6. The van der Waals surface area contributed by atoms with E-state index >= 15 is 0 Å². The van der Waals surface area contributed by atoms with Crippen molar-refractivity contribution in [2.45, 2.75) is 12.6 Å². The Balaban J connectivity index is 1.59. The fraction of sp³-hybridized carbons (Fsp3) is 0.120. The molecule has 0 unspecified atom stereocenters. The number of hydrogen-bond acceptors (Lipinski definition) is 4. The molecule has 3 aromatic carbocycles. The van der Waals surface area contributed by atoms with Gasteiger partial charge in [-0.1, -0.05) is 30.3 Å². The van der Waals surface area contributed by atoms with Crippen LogP contribution in [-0.4, -0.2) is 32.8 Å². The molecule has 0 aliphatic carbocycles. The predicted octanol–water partition coefficient (Wildman–Crippen LogP) is 4.24. The van der Waals surface area contributed by atoms with Gasteiger partial charge < -0.3 is 0 Å². The normalized spacial score (nSPS) is 13.6. The molecule has 9 heteroatoms. The Bertz CT molecular complexity index is 1490. The summed E-state index contributed by atoms with van der Waals surface area (Å²) in [5.74, 6) is -0.789. The van der Waals surface area contributed by atoms with Crippen LogP contribution in [-0.2, 0) is 12.6 Å². The molecule has 2 amide bonds. The van der Waals surface area contributed by atoms with Gasteiger partial charge in [0.25, 0.3) is 17.4 Å². The minimum Gasteiger partial charge on any atom is -0.274 e. The Kier molecular flexibility index (Phi) is 5.04. The van der Waals surface area contributed by atoms with E-state index in [0.717, 1.165) is 21.6 Å². The summed E-state index contributed by atoms with van der Waals surface area (Å²) in [4.78, 5) is 44.3. The van der Waals surface area contributed by atoms with Crippen LogP contribution in [0.5, 0.6) is 0 Å². The van der Waals surface area contributed by atoms with Gasteiger partial charge in [-0.25, -0.2) is 4.98 Å². The molecule has 1 aliphatic heterocycles. The van der Waals surface area contributed by atoms with Crippen molar-refractivity contribution in [3.63, 3.8) is 0 Å². The van der Waals surface area contributed by atoms with Gasteiger partial charge in [0.15, 0.2) is 0 Å². The highest BCUT2D eigenvalue weighted by atomic mass is 19.4. The number of para-hydroxylation sites is 1. The molecule has 4 aromatic rings. The number of fused-ring (bicyclic) bond motifs is 2. The van der Waals surface area contributed by atoms with E-state index in [-0.39, 0.29) is 41.0 Å². The first-order chi connectivity index (χ1) is 16.3. The summed E-state index contributed by atoms with van der Waals surface area (Å²) in [6.45, 7) is -0.0872. The quantitative estimate of drug-likeness (QED) is 0.425. The Morgan fingerprint density at radius 2 is 1.44 bits per heavy atom. The number of amides is 2. The van der Waals surface area contributed by atoms with Crippen molar-refractivity contribution >= 4 is 22.7 Å². The molecule has 0 N–H and O–H groups in total. The summed E-state index contributed by atoms with van der Waals surface area (Å²) < 4.78 is 41.1. The van der Waals surface area contributed by atoms with Crippen LogP contribution in [0, 0.1) is 0 Å². The third-order valence-electron chi connectivity index (χ3n) is 5.71. The Labute approximate surface area is 190 Å². The van der Waals surface area contributed by atoms with Gasteiger partial charge in [0, 0.05) is 13.0 Å². The van der Waals surface area contributed by atoms with E-state index in [1.807, 2.05) is 0 Å². The fourth-order valence-electron chi connectivity index (χ4n) is 4.09. The maximum Gasteiger partial charge on any atom is 0.416 e. The number of carbonyl (C=O) groups is 2. The lowest BCUT2D eigenvalue weighted by Crippen LogP contribution is -2.33. The minimum absolute atomic E-state index is 0.00422. The van der Waals surface area contributed by atoms with Gasteiger partial charge in [0.05, 0.1) is 33.3 Å². The highest BCUT2D eigenvalue weighted by molar-refractivity contribution is 6.21. The molecule has 0 spiro atoms. The third-order valence-corrected chi connectivity index (χ3v) is 5.71. The molecule has 1 aromatic heterocycles. The molecular weight excluding hydrogens is 447 g/mol. The fourth-order valence-corrected chi connectivity index (χ4v) is 4.09. The molecule has 170 valence electrons. The largest absolute Gasteiger partial charge is 0.416 e. The number of hydrogen-bond donors (Lipinski definition) is 0. The second-order valence-corrected chi connectivity index (χ2v) is 7.79. The van der Waals surface area contributed by atoms with Crippen LogP contribution < -0.4 is 5.56 Å². The van der Waals surface area contributed by atoms with E-state index in [2.05, 4.69) is 4.98 Å². The molecule has 6 nitrogen and oxygen atoms in total. The summed E-state index contributed by atoms with van der Waals surface area (Å²) >= 11 is 0. The van der Waals surface area contributed by atoms with Crippen LogP contribution in [0.2, 0.25) is 0 Å². The Morgan fingerprint density at radius 3 is 2.12 bits per heavy atom. The molecular formula is C25H16F3N3O3. The molecule has 34 heavy (non-hydrogen) atoms. The number of alkyl halides is 3. The second kappa shape index (κ2) is 7.95. The van der Waals surface area contributed by atoms with Gasteiger partial charge in [-0.2, -0.15) is 13.2 Å². The van der Waals surface area contributed by atoms with Crippen molar-refractivity contribution in [1.29, 1.82) is 0 Å². The van der Waals surface area contributed by atoms with Crippen LogP contribution in [0.1, 0.15) is 32.1 Å². The maximum absolute atomic E-state index is 13.3. The van der Waals surface area contributed by atoms with Gasteiger partial charge in [0.2, 0.25) is 0 Å². The van der Waals surface area contributed by atoms with Crippen LogP contribution >= 0.6 is 0 Å². The zero-order valence-electron chi connectivity index (χ0n) is 17.5. The summed E-state index contributed by atoms with van der Waals surface area (Å²) in [6.07, 6.45) is -4.62. The van der Waals surface area contributed by atoms with Crippen LogP contribution in [0.25, 0.3) is 16.6 Å². The van der Waals surface area contributed by atoms with Gasteiger partial charge in [0.1, 0.15) is 5.82 Å². The van der Waals surface area contributed by atoms with E-state index in [0.29, 0.717) is 5.52 Å². The SMILES string of the molecule is O=C1c2ccccc2C(=O)N1CCc1nc2ccccc2c(=O)n1-c1cccc(C(F)(F)F)c1. The van der Waals surface area contributed by atoms with Gasteiger partial charge in [-0.15, -0.1) is 0 Å². The summed E-state index contributed by atoms with van der Waals surface area (Å²) in [7, 11) is 0. The maximum atomic E-state index is 13.3. The Hall–Kier alpha value is -4.27. The van der Waals surface area contributed by atoms with Crippen LogP contribution in [0.15, 0.2) is 77.6 Å². The van der Waals surface area contributed by atoms with E-state index in [4.69, 9.17) is 0 Å². The van der Waals surface area contributed by atoms with Gasteiger partial charge >= 0.3 is 6.18 Å². The number of aromatic nitrogens is 2. The first-order valence-corrected chi connectivity index (χ1v) is 10.4. The zero-order chi connectivity index (χ0) is 24.0. The van der Waals surface area contributed by atoms with Gasteiger partial charge in [-0.3, -0.25) is 23.9 Å². The van der Waals surface area contributed by atoms with E-state index in [1.54, 1.807) is 48.5 Å². The molecule has 5 rings (SSSR count). The number of carbonyl (C=O) groups excluding carboxylic acids is 2. The average molecular weight is 463 g/mol. The lowest BCUT2D eigenvalue weighted by atomic mass is 10.1. The highest BCUT2D eigenvalue weighted by Crippen LogP contribution is 2.30. The molecule has 0 atom stereocenters. The smallest absolute Gasteiger partial charge is 0.274 e. The van der Waals surface area contributed by atoms with Crippen LogP contribution in [0.4, 0.5) is 13.2 Å². The minimum atomic E-state index is -4.59. The second-order valence-electron chi connectivity index (χ2n) is 7.79. The zero-order valence-corrected chi connectivity index (χ0v) is 17.5. The number of halogens is 3. The summed E-state index contributed by atoms with van der Waals surface area (Å²) in [5, 5.41) is 0.240. The van der Waals surface area contributed by atoms with Gasteiger partial charge in [-0.05, 0) is 42.5 Å².